The molecule has 1 atom stereocenters. The number of hydrogen-bond donors (Lipinski definition) is 1. The van der Waals surface area contributed by atoms with E-state index in [-0.39, 0.29) is 17.4 Å². The van der Waals surface area contributed by atoms with Crippen LogP contribution in [0.25, 0.3) is 0 Å². The topological polar surface area (TPSA) is 68.7 Å². The molecule has 108 valence electrons. The van der Waals surface area contributed by atoms with Crippen molar-refractivity contribution < 1.29 is 19.4 Å². The minimum Gasteiger partial charge on any atom is -0.488 e. The van der Waals surface area contributed by atoms with Crippen LogP contribution in [-0.2, 0) is 4.74 Å². The Balaban J connectivity index is 1.75. The summed E-state index contributed by atoms with van der Waals surface area (Å²) in [6.07, 6.45) is 5.05. The second-order valence-corrected chi connectivity index (χ2v) is 5.72. The van der Waals surface area contributed by atoms with Gasteiger partial charge in [0.2, 0.25) is 0 Å². The van der Waals surface area contributed by atoms with Gasteiger partial charge in [0, 0.05) is 18.5 Å². The Morgan fingerprint density at radius 1 is 1.50 bits per heavy atom. The molecule has 1 unspecified atom stereocenters. The predicted molar refractivity (Wildman–Crippen MR) is 72.1 cm³/mol. The van der Waals surface area contributed by atoms with E-state index in [9.17, 15) is 9.90 Å². The van der Waals surface area contributed by atoms with Crippen LogP contribution in [0, 0.1) is 6.92 Å². The van der Waals surface area contributed by atoms with Crippen molar-refractivity contribution in [1.82, 2.24) is 4.98 Å². The summed E-state index contributed by atoms with van der Waals surface area (Å²) in [5, 5.41) is 9.21. The second-order valence-electron chi connectivity index (χ2n) is 5.72. The highest BCUT2D eigenvalue weighted by molar-refractivity contribution is 5.88. The van der Waals surface area contributed by atoms with Crippen molar-refractivity contribution in [3.8, 4) is 5.75 Å². The Morgan fingerprint density at radius 2 is 2.30 bits per heavy atom. The quantitative estimate of drug-likeness (QED) is 0.919. The number of hydrogen-bond acceptors (Lipinski definition) is 4. The molecule has 1 spiro atoms. The van der Waals surface area contributed by atoms with Gasteiger partial charge in [0.1, 0.15) is 6.10 Å². The number of ether oxygens (including phenoxy) is 2. The van der Waals surface area contributed by atoms with E-state index in [1.807, 2.05) is 0 Å². The molecule has 0 bridgehead atoms. The van der Waals surface area contributed by atoms with Crippen molar-refractivity contribution >= 4 is 5.97 Å². The number of nitrogens with zero attached hydrogens (tertiary/aromatic N) is 1. The van der Waals surface area contributed by atoms with Gasteiger partial charge in [-0.15, -0.1) is 0 Å². The minimum atomic E-state index is -1.05. The van der Waals surface area contributed by atoms with Crippen molar-refractivity contribution in [2.24, 2.45) is 0 Å². The molecule has 2 heterocycles. The zero-order valence-electron chi connectivity index (χ0n) is 11.6. The SMILES string of the molecule is Cc1ccc(OC2CCOC3(CCC3)C2)c(C(=O)O)n1. The molecular formula is C15H19NO4. The van der Waals surface area contributed by atoms with E-state index in [1.54, 1.807) is 19.1 Å². The second kappa shape index (κ2) is 5.05. The van der Waals surface area contributed by atoms with E-state index in [2.05, 4.69) is 4.98 Å². The zero-order chi connectivity index (χ0) is 14.2. The lowest BCUT2D eigenvalue weighted by molar-refractivity contribution is -0.153. The smallest absolute Gasteiger partial charge is 0.358 e. The number of aromatic carboxylic acids is 1. The third-order valence-electron chi connectivity index (χ3n) is 4.21. The van der Waals surface area contributed by atoms with Crippen molar-refractivity contribution in [2.75, 3.05) is 6.61 Å². The molecule has 2 fully saturated rings. The average Bonchev–Trinajstić information content (AvgIpc) is 2.39. The van der Waals surface area contributed by atoms with Gasteiger partial charge < -0.3 is 14.6 Å². The molecule has 20 heavy (non-hydrogen) atoms. The van der Waals surface area contributed by atoms with Crippen LogP contribution in [0.2, 0.25) is 0 Å². The summed E-state index contributed by atoms with van der Waals surface area (Å²) in [7, 11) is 0. The molecule has 1 aromatic heterocycles. The Bertz CT molecular complexity index is 525. The largest absolute Gasteiger partial charge is 0.488 e. The molecule has 1 aliphatic heterocycles. The summed E-state index contributed by atoms with van der Waals surface area (Å²) in [6, 6.07) is 3.48. The summed E-state index contributed by atoms with van der Waals surface area (Å²) in [6.45, 7) is 2.46. The Kier molecular flexibility index (Phi) is 3.38. The van der Waals surface area contributed by atoms with E-state index in [0.29, 0.717) is 18.1 Å². The van der Waals surface area contributed by atoms with Crippen LogP contribution in [0.15, 0.2) is 12.1 Å². The number of aromatic nitrogens is 1. The van der Waals surface area contributed by atoms with Gasteiger partial charge in [-0.3, -0.25) is 0 Å². The maximum Gasteiger partial charge on any atom is 0.358 e. The van der Waals surface area contributed by atoms with Crippen LogP contribution in [-0.4, -0.2) is 34.4 Å². The van der Waals surface area contributed by atoms with Crippen molar-refractivity contribution in [2.45, 2.75) is 50.7 Å². The summed E-state index contributed by atoms with van der Waals surface area (Å²) < 4.78 is 11.8. The Labute approximate surface area is 117 Å². The summed E-state index contributed by atoms with van der Waals surface area (Å²) in [4.78, 5) is 15.3. The van der Waals surface area contributed by atoms with Crippen LogP contribution in [0.4, 0.5) is 0 Å². The van der Waals surface area contributed by atoms with E-state index in [4.69, 9.17) is 9.47 Å². The van der Waals surface area contributed by atoms with E-state index in [0.717, 1.165) is 25.7 Å². The first-order valence-corrected chi connectivity index (χ1v) is 7.10. The monoisotopic (exact) mass is 277 g/mol. The van der Waals surface area contributed by atoms with Crippen molar-refractivity contribution in [3.05, 3.63) is 23.5 Å². The molecule has 0 radical (unpaired) electrons. The molecule has 1 saturated heterocycles. The van der Waals surface area contributed by atoms with Gasteiger partial charge >= 0.3 is 5.97 Å². The third-order valence-corrected chi connectivity index (χ3v) is 4.21. The van der Waals surface area contributed by atoms with Crippen molar-refractivity contribution in [3.63, 3.8) is 0 Å². The number of rotatable bonds is 3. The normalized spacial score (nSPS) is 24.1. The lowest BCUT2D eigenvalue weighted by atomic mass is 9.74. The molecule has 0 amide bonds. The number of carboxylic acid groups (broad SMARTS) is 1. The molecule has 3 rings (SSSR count). The van der Waals surface area contributed by atoms with E-state index < -0.39 is 5.97 Å². The first kappa shape index (κ1) is 13.4. The standard InChI is InChI=1S/C15H19NO4/c1-10-3-4-12(13(16-10)14(17)18)20-11-5-8-19-15(9-11)6-2-7-15/h3-4,11H,2,5-9H2,1H3,(H,17,18). The first-order chi connectivity index (χ1) is 9.58. The first-order valence-electron chi connectivity index (χ1n) is 7.10. The molecule has 5 nitrogen and oxygen atoms in total. The minimum absolute atomic E-state index is 0.000786. The van der Waals surface area contributed by atoms with Gasteiger partial charge in [0.05, 0.1) is 12.2 Å². The molecule has 5 heteroatoms. The van der Waals surface area contributed by atoms with Crippen LogP contribution in [0.3, 0.4) is 0 Å². The fourth-order valence-electron chi connectivity index (χ4n) is 2.97. The molecule has 0 aromatic carbocycles. The maximum atomic E-state index is 11.2. The Morgan fingerprint density at radius 3 is 2.95 bits per heavy atom. The summed E-state index contributed by atoms with van der Waals surface area (Å²) >= 11 is 0. The molecule has 1 aliphatic carbocycles. The average molecular weight is 277 g/mol. The highest BCUT2D eigenvalue weighted by Gasteiger charge is 2.43. The van der Waals surface area contributed by atoms with Gasteiger partial charge in [-0.05, 0) is 38.3 Å². The van der Waals surface area contributed by atoms with E-state index >= 15 is 0 Å². The molecule has 1 N–H and O–H groups in total. The van der Waals surface area contributed by atoms with Gasteiger partial charge in [-0.25, -0.2) is 9.78 Å². The Hall–Kier alpha value is -1.62. The maximum absolute atomic E-state index is 11.2. The van der Waals surface area contributed by atoms with Gasteiger partial charge in [-0.1, -0.05) is 0 Å². The highest BCUT2D eigenvalue weighted by atomic mass is 16.5. The lowest BCUT2D eigenvalue weighted by Gasteiger charge is -2.46. The van der Waals surface area contributed by atoms with Gasteiger partial charge in [0.25, 0.3) is 0 Å². The van der Waals surface area contributed by atoms with Gasteiger partial charge in [-0.2, -0.15) is 0 Å². The third kappa shape index (κ3) is 2.50. The number of aryl methyl sites for hydroxylation is 1. The number of carbonyl (C=O) groups is 1. The molecular weight excluding hydrogens is 258 g/mol. The van der Waals surface area contributed by atoms with Crippen LogP contribution < -0.4 is 4.74 Å². The predicted octanol–water partition coefficient (Wildman–Crippen LogP) is 2.57. The van der Waals surface area contributed by atoms with Crippen LogP contribution in [0.5, 0.6) is 5.75 Å². The fourth-order valence-corrected chi connectivity index (χ4v) is 2.97. The summed E-state index contributed by atoms with van der Waals surface area (Å²) in [5.41, 5.74) is 0.668. The molecule has 1 saturated carbocycles. The zero-order valence-corrected chi connectivity index (χ0v) is 11.6. The van der Waals surface area contributed by atoms with Crippen LogP contribution in [0.1, 0.15) is 48.3 Å². The number of carboxylic acids is 1. The van der Waals surface area contributed by atoms with Crippen LogP contribution >= 0.6 is 0 Å². The van der Waals surface area contributed by atoms with E-state index in [1.165, 1.54) is 6.42 Å². The number of pyridine rings is 1. The summed E-state index contributed by atoms with van der Waals surface area (Å²) in [5.74, 6) is -0.682. The molecule has 1 aromatic rings. The lowest BCUT2D eigenvalue weighted by Crippen LogP contribution is -2.48. The van der Waals surface area contributed by atoms with Gasteiger partial charge in [0.15, 0.2) is 11.4 Å². The highest BCUT2D eigenvalue weighted by Crippen LogP contribution is 2.43. The fraction of sp³-hybridized carbons (Fsp3) is 0.600. The molecule has 2 aliphatic rings. The van der Waals surface area contributed by atoms with Crippen molar-refractivity contribution in [1.29, 1.82) is 0 Å².